The van der Waals surface area contributed by atoms with E-state index in [-0.39, 0.29) is 36.1 Å². The van der Waals surface area contributed by atoms with Crippen LogP contribution in [-0.4, -0.2) is 12.6 Å². The second kappa shape index (κ2) is 10.2. The molecule has 52 valence electrons. The Balaban J connectivity index is -0.000000125. The van der Waals surface area contributed by atoms with Crippen LogP contribution in [0, 0.1) is 0 Å². The number of rotatable bonds is 1. The lowest BCUT2D eigenvalue weighted by Gasteiger charge is -1.89. The Labute approximate surface area is 66.4 Å². The molecule has 0 radical (unpaired) electrons. The Hall–Kier alpha value is 0.160. The van der Waals surface area contributed by atoms with Gasteiger partial charge in [-0.2, -0.15) is 0 Å². The monoisotopic (exact) mass is 233 g/mol. The molecule has 0 aliphatic heterocycles. The predicted molar refractivity (Wildman–Crippen MR) is 42.7 cm³/mol. The van der Waals surface area contributed by atoms with E-state index in [2.05, 4.69) is 4.74 Å². The average molecular weight is 233 g/mol. The number of hydrogen-bond acceptors (Lipinski definition) is 3. The number of esters is 1. The van der Waals surface area contributed by atoms with Gasteiger partial charge in [0, 0.05) is 6.92 Å². The molecule has 0 saturated heterocycles. The summed E-state index contributed by atoms with van der Waals surface area (Å²) in [6, 6.07) is 0. The highest BCUT2D eigenvalue weighted by molar-refractivity contribution is 14.0. The first-order valence-electron chi connectivity index (χ1n) is 1.90. The summed E-state index contributed by atoms with van der Waals surface area (Å²) in [6.45, 7) is 3.65. The number of carbonyl (C=O) groups is 1. The van der Waals surface area contributed by atoms with E-state index in [1.54, 1.807) is 6.92 Å². The lowest BCUT2D eigenvalue weighted by Crippen LogP contribution is -1.95. The molecule has 0 saturated carbocycles. The van der Waals surface area contributed by atoms with Gasteiger partial charge >= 0.3 is 5.97 Å². The molecule has 0 heterocycles. The molecule has 0 aliphatic rings. The van der Waals surface area contributed by atoms with Crippen molar-refractivity contribution in [2.24, 2.45) is 0 Å². The van der Waals surface area contributed by atoms with Crippen LogP contribution in [0.3, 0.4) is 0 Å². The third-order valence-corrected chi connectivity index (χ3v) is 0.348. The number of halogens is 1. The Morgan fingerprint density at radius 3 is 2.00 bits per heavy atom. The van der Waals surface area contributed by atoms with Gasteiger partial charge in [-0.05, 0) is 6.92 Å². The van der Waals surface area contributed by atoms with Gasteiger partial charge in [0.1, 0.15) is 0 Å². The molecule has 8 heavy (non-hydrogen) atoms. The summed E-state index contributed by atoms with van der Waals surface area (Å²) < 4.78 is 4.40. The SMILES string of the molecule is CCOC(C)=O.I.N. The first kappa shape index (κ1) is 15.7. The molecule has 0 fully saturated rings. The van der Waals surface area contributed by atoms with Crippen molar-refractivity contribution in [1.82, 2.24) is 6.15 Å². The van der Waals surface area contributed by atoms with E-state index >= 15 is 0 Å². The minimum Gasteiger partial charge on any atom is -0.466 e. The molecule has 0 unspecified atom stereocenters. The highest BCUT2D eigenvalue weighted by Gasteiger charge is 1.81. The van der Waals surface area contributed by atoms with Crippen LogP contribution in [0.1, 0.15) is 13.8 Å². The van der Waals surface area contributed by atoms with Gasteiger partial charge < -0.3 is 10.9 Å². The van der Waals surface area contributed by atoms with Gasteiger partial charge in [-0.1, -0.05) is 0 Å². The van der Waals surface area contributed by atoms with E-state index in [9.17, 15) is 4.79 Å². The predicted octanol–water partition coefficient (Wildman–Crippen LogP) is 1.35. The fraction of sp³-hybridized carbons (Fsp3) is 0.750. The van der Waals surface area contributed by atoms with E-state index in [0.717, 1.165) is 0 Å². The van der Waals surface area contributed by atoms with Crippen LogP contribution in [0.5, 0.6) is 0 Å². The third kappa shape index (κ3) is 16.4. The number of carbonyl (C=O) groups excluding carboxylic acids is 1. The molecule has 0 aromatic heterocycles. The molecule has 4 heteroatoms. The lowest BCUT2D eigenvalue weighted by atomic mass is 10.8. The van der Waals surface area contributed by atoms with Gasteiger partial charge in [0.05, 0.1) is 6.61 Å². The Morgan fingerprint density at radius 1 is 1.62 bits per heavy atom. The zero-order chi connectivity index (χ0) is 4.99. The third-order valence-electron chi connectivity index (χ3n) is 0.348. The summed E-state index contributed by atoms with van der Waals surface area (Å²) in [5.41, 5.74) is 0. The molecule has 0 bridgehead atoms. The van der Waals surface area contributed by atoms with Gasteiger partial charge in [-0.25, -0.2) is 0 Å². The van der Waals surface area contributed by atoms with Crippen LogP contribution in [0.4, 0.5) is 0 Å². The van der Waals surface area contributed by atoms with Crippen molar-refractivity contribution >= 4 is 29.9 Å². The summed E-state index contributed by atoms with van der Waals surface area (Å²) >= 11 is 0. The highest BCUT2D eigenvalue weighted by Crippen LogP contribution is 1.69. The summed E-state index contributed by atoms with van der Waals surface area (Å²) in [6.07, 6.45) is 0. The Bertz CT molecular complexity index is 58.0. The van der Waals surface area contributed by atoms with Crippen LogP contribution in [-0.2, 0) is 9.53 Å². The molecular weight excluding hydrogens is 221 g/mol. The average Bonchev–Trinajstić information content (AvgIpc) is 1.35. The van der Waals surface area contributed by atoms with Crippen LogP contribution in [0.2, 0.25) is 0 Å². The smallest absolute Gasteiger partial charge is 0.302 e. The topological polar surface area (TPSA) is 61.3 Å². The maximum atomic E-state index is 9.82. The summed E-state index contributed by atoms with van der Waals surface area (Å²) in [7, 11) is 0. The van der Waals surface area contributed by atoms with Crippen LogP contribution in [0.25, 0.3) is 0 Å². The second-order valence-corrected chi connectivity index (χ2v) is 0.925. The standard InChI is InChI=1S/C4H8O2.HI.H3N/c1-3-6-4(2)5;;/h3H2,1-2H3;1H;1H3. The summed E-state index contributed by atoms with van der Waals surface area (Å²) in [5, 5.41) is 0. The van der Waals surface area contributed by atoms with Crippen molar-refractivity contribution in [2.75, 3.05) is 6.61 Å². The van der Waals surface area contributed by atoms with Crippen molar-refractivity contribution in [1.29, 1.82) is 0 Å². The molecule has 0 spiro atoms. The first-order valence-corrected chi connectivity index (χ1v) is 1.90. The van der Waals surface area contributed by atoms with E-state index < -0.39 is 0 Å². The van der Waals surface area contributed by atoms with Gasteiger partial charge in [-0.15, -0.1) is 24.0 Å². The fourth-order valence-corrected chi connectivity index (χ4v) is 0.203. The highest BCUT2D eigenvalue weighted by atomic mass is 127. The van der Waals surface area contributed by atoms with Gasteiger partial charge in [0.15, 0.2) is 0 Å². The lowest BCUT2D eigenvalue weighted by molar-refractivity contribution is -0.140. The zero-order valence-corrected chi connectivity index (χ0v) is 7.47. The molecule has 0 aromatic carbocycles. The Kier molecular flexibility index (Phi) is 20.0. The van der Waals surface area contributed by atoms with Crippen molar-refractivity contribution in [3.63, 3.8) is 0 Å². The maximum absolute atomic E-state index is 9.82. The van der Waals surface area contributed by atoms with Crippen LogP contribution in [0.15, 0.2) is 0 Å². The van der Waals surface area contributed by atoms with E-state index in [0.29, 0.717) is 6.61 Å². The van der Waals surface area contributed by atoms with Gasteiger partial charge in [0.2, 0.25) is 0 Å². The van der Waals surface area contributed by atoms with Crippen molar-refractivity contribution < 1.29 is 9.53 Å². The minimum atomic E-state index is -0.211. The molecule has 0 amide bonds. The van der Waals surface area contributed by atoms with Crippen molar-refractivity contribution in [3.05, 3.63) is 0 Å². The van der Waals surface area contributed by atoms with Gasteiger partial charge in [-0.3, -0.25) is 4.79 Å². The second-order valence-electron chi connectivity index (χ2n) is 0.925. The van der Waals surface area contributed by atoms with E-state index in [4.69, 9.17) is 0 Å². The summed E-state index contributed by atoms with van der Waals surface area (Å²) in [4.78, 5) is 9.82. The van der Waals surface area contributed by atoms with Crippen molar-refractivity contribution in [2.45, 2.75) is 13.8 Å². The van der Waals surface area contributed by atoms with Gasteiger partial charge in [0.25, 0.3) is 0 Å². The van der Waals surface area contributed by atoms with E-state index in [1.165, 1.54) is 6.92 Å². The summed E-state index contributed by atoms with van der Waals surface area (Å²) in [5.74, 6) is -0.211. The molecule has 3 N–H and O–H groups in total. The molecule has 0 atom stereocenters. The first-order chi connectivity index (χ1) is 2.77. The minimum absolute atomic E-state index is 0. The molecular formula is C4H12INO2. The maximum Gasteiger partial charge on any atom is 0.302 e. The zero-order valence-electron chi connectivity index (χ0n) is 5.14. The number of ether oxygens (including phenoxy) is 1. The normalized spacial score (nSPS) is 5.75. The number of hydrogen-bond donors (Lipinski definition) is 1. The Morgan fingerprint density at radius 2 is 2.00 bits per heavy atom. The molecule has 0 aromatic rings. The van der Waals surface area contributed by atoms with Crippen LogP contribution < -0.4 is 6.15 Å². The molecule has 0 rings (SSSR count). The largest absolute Gasteiger partial charge is 0.466 e. The van der Waals surface area contributed by atoms with E-state index in [1.807, 2.05) is 0 Å². The quantitative estimate of drug-likeness (QED) is 0.549. The van der Waals surface area contributed by atoms with Crippen molar-refractivity contribution in [3.8, 4) is 0 Å². The molecule has 0 aliphatic carbocycles. The van der Waals surface area contributed by atoms with Crippen LogP contribution >= 0.6 is 24.0 Å². The fourth-order valence-electron chi connectivity index (χ4n) is 0.203. The molecule has 3 nitrogen and oxygen atoms in total.